The van der Waals surface area contributed by atoms with Crippen molar-refractivity contribution < 1.29 is 9.53 Å². The van der Waals surface area contributed by atoms with Crippen LogP contribution in [0, 0.1) is 0 Å². The van der Waals surface area contributed by atoms with Crippen molar-refractivity contribution in [1.82, 2.24) is 15.1 Å². The minimum absolute atomic E-state index is 0.209. The number of nitrogens with zero attached hydrogens (tertiary/aromatic N) is 3. The number of anilines is 1. The second-order valence-corrected chi connectivity index (χ2v) is 9.03. The van der Waals surface area contributed by atoms with Gasteiger partial charge in [0.2, 0.25) is 0 Å². The molecule has 2 aromatic carbocycles. The third-order valence-corrected chi connectivity index (χ3v) is 6.83. The van der Waals surface area contributed by atoms with Gasteiger partial charge in [0.25, 0.3) is 0 Å². The molecule has 1 aliphatic carbocycles. The van der Waals surface area contributed by atoms with Gasteiger partial charge in [0.15, 0.2) is 0 Å². The van der Waals surface area contributed by atoms with E-state index in [4.69, 9.17) is 4.74 Å². The van der Waals surface area contributed by atoms with Gasteiger partial charge in [-0.3, -0.25) is 4.90 Å². The minimum atomic E-state index is -0.209. The molecule has 1 amide bonds. The summed E-state index contributed by atoms with van der Waals surface area (Å²) in [7, 11) is 0. The van der Waals surface area contributed by atoms with E-state index >= 15 is 0 Å². The van der Waals surface area contributed by atoms with Crippen LogP contribution in [0.1, 0.15) is 24.0 Å². The normalized spacial score (nSPS) is 20.6. The van der Waals surface area contributed by atoms with Crippen molar-refractivity contribution in [2.75, 3.05) is 50.7 Å². The standard InChI is InChI=1S/C25H32N4O2/c30-24(31-19-21-5-2-1-3-6-21)28-15-13-27(14-16-28)18-22-7-4-8-23(17-22)29-12-11-26-20-25(29)9-10-25/h1-8,17,26H,9-16,18-20H2. The summed E-state index contributed by atoms with van der Waals surface area (Å²) in [6.45, 7) is 7.72. The van der Waals surface area contributed by atoms with Crippen molar-refractivity contribution in [2.45, 2.75) is 31.5 Å². The lowest BCUT2D eigenvalue weighted by atomic mass is 10.1. The number of ether oxygens (including phenoxy) is 1. The molecule has 6 nitrogen and oxygen atoms in total. The Morgan fingerprint density at radius 3 is 2.48 bits per heavy atom. The van der Waals surface area contributed by atoms with Gasteiger partial charge in [-0.2, -0.15) is 0 Å². The Kier molecular flexibility index (Phi) is 5.83. The third-order valence-electron chi connectivity index (χ3n) is 6.83. The first-order valence-electron chi connectivity index (χ1n) is 11.5. The maximum Gasteiger partial charge on any atom is 0.410 e. The molecule has 0 bridgehead atoms. The van der Waals surface area contributed by atoms with E-state index < -0.39 is 0 Å². The lowest BCUT2D eigenvalue weighted by Gasteiger charge is -2.39. The fourth-order valence-electron chi connectivity index (χ4n) is 4.82. The quantitative estimate of drug-likeness (QED) is 0.806. The Hall–Kier alpha value is -2.57. The summed E-state index contributed by atoms with van der Waals surface area (Å²) in [6, 6.07) is 18.9. The second kappa shape index (κ2) is 8.89. The Balaban J connectivity index is 1.12. The van der Waals surface area contributed by atoms with Crippen molar-refractivity contribution in [3.8, 4) is 0 Å². The van der Waals surface area contributed by atoms with Crippen molar-refractivity contribution >= 4 is 11.8 Å². The molecular formula is C25H32N4O2. The largest absolute Gasteiger partial charge is 0.445 e. The summed E-state index contributed by atoms with van der Waals surface area (Å²) in [5.41, 5.74) is 4.10. The number of hydrogen-bond donors (Lipinski definition) is 1. The predicted octanol–water partition coefficient (Wildman–Crippen LogP) is 3.08. The van der Waals surface area contributed by atoms with E-state index in [0.29, 0.717) is 25.2 Å². The molecule has 6 heteroatoms. The van der Waals surface area contributed by atoms with Gasteiger partial charge in [-0.05, 0) is 36.1 Å². The van der Waals surface area contributed by atoms with Gasteiger partial charge in [0.1, 0.15) is 6.61 Å². The molecule has 1 saturated carbocycles. The molecular weight excluding hydrogens is 388 g/mol. The van der Waals surface area contributed by atoms with Crippen LogP contribution in [0.5, 0.6) is 0 Å². The first-order valence-corrected chi connectivity index (χ1v) is 11.5. The Morgan fingerprint density at radius 2 is 1.71 bits per heavy atom. The molecule has 0 radical (unpaired) electrons. The zero-order valence-corrected chi connectivity index (χ0v) is 18.1. The minimum Gasteiger partial charge on any atom is -0.445 e. The number of benzene rings is 2. The smallest absolute Gasteiger partial charge is 0.410 e. The van der Waals surface area contributed by atoms with Crippen LogP contribution in [0.3, 0.4) is 0 Å². The molecule has 0 unspecified atom stereocenters. The zero-order chi connectivity index (χ0) is 21.1. The number of rotatable bonds is 5. The van der Waals surface area contributed by atoms with Gasteiger partial charge in [0, 0.05) is 58.0 Å². The summed E-state index contributed by atoms with van der Waals surface area (Å²) in [5.74, 6) is 0. The monoisotopic (exact) mass is 420 g/mol. The highest BCUT2D eigenvalue weighted by Crippen LogP contribution is 2.44. The molecule has 31 heavy (non-hydrogen) atoms. The van der Waals surface area contributed by atoms with E-state index in [1.165, 1.54) is 24.1 Å². The molecule has 1 spiro atoms. The summed E-state index contributed by atoms with van der Waals surface area (Å²) in [4.78, 5) is 19.3. The maximum atomic E-state index is 12.4. The van der Waals surface area contributed by atoms with Gasteiger partial charge < -0.3 is 19.9 Å². The van der Waals surface area contributed by atoms with Crippen LogP contribution in [0.2, 0.25) is 0 Å². The average molecular weight is 421 g/mol. The number of carbonyl (C=O) groups is 1. The summed E-state index contributed by atoms with van der Waals surface area (Å²) in [6.07, 6.45) is 2.39. The lowest BCUT2D eigenvalue weighted by molar-refractivity contribution is 0.0700. The van der Waals surface area contributed by atoms with Crippen LogP contribution in [0.15, 0.2) is 54.6 Å². The van der Waals surface area contributed by atoms with Crippen LogP contribution in [0.25, 0.3) is 0 Å². The van der Waals surface area contributed by atoms with Crippen molar-refractivity contribution in [2.24, 2.45) is 0 Å². The molecule has 2 aromatic rings. The topological polar surface area (TPSA) is 48.1 Å². The first kappa shape index (κ1) is 20.3. The molecule has 2 saturated heterocycles. The molecule has 164 valence electrons. The number of amides is 1. The van der Waals surface area contributed by atoms with E-state index in [1.54, 1.807) is 0 Å². The SMILES string of the molecule is O=C(OCc1ccccc1)N1CCN(Cc2cccc(N3CCNCC34CC4)c2)CC1. The van der Waals surface area contributed by atoms with Crippen molar-refractivity contribution in [3.63, 3.8) is 0 Å². The third kappa shape index (κ3) is 4.70. The van der Waals surface area contributed by atoms with E-state index in [1.807, 2.05) is 35.2 Å². The molecule has 3 fully saturated rings. The molecule has 0 atom stereocenters. The first-order chi connectivity index (χ1) is 15.2. The Labute approximate surface area is 184 Å². The molecule has 0 aromatic heterocycles. The van der Waals surface area contributed by atoms with Crippen molar-refractivity contribution in [3.05, 3.63) is 65.7 Å². The van der Waals surface area contributed by atoms with Crippen molar-refractivity contribution in [1.29, 1.82) is 0 Å². The van der Waals surface area contributed by atoms with Gasteiger partial charge in [-0.1, -0.05) is 42.5 Å². The van der Waals surface area contributed by atoms with Gasteiger partial charge in [-0.15, -0.1) is 0 Å². The molecule has 2 aliphatic heterocycles. The van der Waals surface area contributed by atoms with E-state index in [-0.39, 0.29) is 6.09 Å². The van der Waals surface area contributed by atoms with Crippen LogP contribution in [-0.2, 0) is 17.9 Å². The Bertz CT molecular complexity index is 891. The number of carbonyl (C=O) groups excluding carboxylic acids is 1. The van der Waals surface area contributed by atoms with Crippen LogP contribution < -0.4 is 10.2 Å². The maximum absolute atomic E-state index is 12.4. The van der Waals surface area contributed by atoms with Crippen LogP contribution >= 0.6 is 0 Å². The molecule has 3 aliphatic rings. The molecule has 5 rings (SSSR count). The van der Waals surface area contributed by atoms with E-state index in [0.717, 1.165) is 44.8 Å². The highest BCUT2D eigenvalue weighted by Gasteiger charge is 2.49. The number of hydrogen-bond acceptors (Lipinski definition) is 5. The van der Waals surface area contributed by atoms with E-state index in [2.05, 4.69) is 39.4 Å². The summed E-state index contributed by atoms with van der Waals surface area (Å²) >= 11 is 0. The molecule has 2 heterocycles. The fraction of sp³-hybridized carbons (Fsp3) is 0.480. The van der Waals surface area contributed by atoms with Gasteiger partial charge >= 0.3 is 6.09 Å². The second-order valence-electron chi connectivity index (χ2n) is 9.03. The Morgan fingerprint density at radius 1 is 0.935 bits per heavy atom. The highest BCUT2D eigenvalue weighted by molar-refractivity contribution is 5.67. The highest BCUT2D eigenvalue weighted by atomic mass is 16.6. The molecule has 1 N–H and O–H groups in total. The predicted molar refractivity (Wildman–Crippen MR) is 122 cm³/mol. The van der Waals surface area contributed by atoms with Gasteiger partial charge in [0.05, 0.1) is 5.54 Å². The summed E-state index contributed by atoms with van der Waals surface area (Å²) < 4.78 is 5.49. The number of nitrogens with one attached hydrogen (secondary N) is 1. The van der Waals surface area contributed by atoms with E-state index in [9.17, 15) is 4.79 Å². The average Bonchev–Trinajstić information content (AvgIpc) is 3.58. The zero-order valence-electron chi connectivity index (χ0n) is 18.1. The fourth-order valence-corrected chi connectivity index (χ4v) is 4.82. The lowest BCUT2D eigenvalue weighted by Crippen LogP contribution is -2.53. The number of piperazine rings is 2. The van der Waals surface area contributed by atoms with Crippen LogP contribution in [-0.4, -0.2) is 67.2 Å². The summed E-state index contributed by atoms with van der Waals surface area (Å²) in [5, 5.41) is 3.56. The van der Waals surface area contributed by atoms with Crippen LogP contribution in [0.4, 0.5) is 10.5 Å². The van der Waals surface area contributed by atoms with Gasteiger partial charge in [-0.25, -0.2) is 4.79 Å².